The summed E-state index contributed by atoms with van der Waals surface area (Å²) >= 11 is 0. The van der Waals surface area contributed by atoms with Crippen LogP contribution in [0.5, 0.6) is 0 Å². The third-order valence-electron chi connectivity index (χ3n) is 3.99. The standard InChI is InChI=1S/C18H21N3O9/c1-4-10(22)13(25)7-19-16(28)20(8-14(26)11(23)5-2)18(30)21(17(19)29)9-15(27)12(24)6-3/h4-6,10-12,22-24H,1-3,7-9H2. The van der Waals surface area contributed by atoms with Gasteiger partial charge in [-0.05, 0) is 0 Å². The fourth-order valence-corrected chi connectivity index (χ4v) is 2.23. The third-order valence-corrected chi connectivity index (χ3v) is 3.99. The molecule has 0 spiro atoms. The average Bonchev–Trinajstić information content (AvgIpc) is 2.74. The quantitative estimate of drug-likeness (QED) is 0.288. The zero-order chi connectivity index (χ0) is 23.2. The van der Waals surface area contributed by atoms with Gasteiger partial charge in [-0.15, -0.1) is 19.7 Å². The van der Waals surface area contributed by atoms with Crippen LogP contribution in [0.4, 0.5) is 0 Å². The van der Waals surface area contributed by atoms with Crippen LogP contribution in [-0.4, -0.2) is 64.7 Å². The summed E-state index contributed by atoms with van der Waals surface area (Å²) in [4.78, 5) is 73.6. The van der Waals surface area contributed by atoms with Crippen molar-refractivity contribution < 1.29 is 29.7 Å². The fourth-order valence-electron chi connectivity index (χ4n) is 2.23. The molecule has 0 bridgehead atoms. The van der Waals surface area contributed by atoms with Gasteiger partial charge in [-0.25, -0.2) is 28.1 Å². The molecule has 30 heavy (non-hydrogen) atoms. The van der Waals surface area contributed by atoms with Gasteiger partial charge in [0.25, 0.3) is 0 Å². The highest BCUT2D eigenvalue weighted by Crippen LogP contribution is 1.93. The van der Waals surface area contributed by atoms with E-state index >= 15 is 0 Å². The van der Waals surface area contributed by atoms with Crippen molar-refractivity contribution in [2.75, 3.05) is 0 Å². The van der Waals surface area contributed by atoms with E-state index in [1.165, 1.54) is 0 Å². The van der Waals surface area contributed by atoms with Crippen LogP contribution in [0.1, 0.15) is 0 Å². The lowest BCUT2D eigenvalue weighted by atomic mass is 10.2. The third kappa shape index (κ3) is 5.31. The molecule has 1 aromatic rings. The van der Waals surface area contributed by atoms with Gasteiger partial charge in [0.05, 0.1) is 19.6 Å². The molecule has 1 rings (SSSR count). The molecular weight excluding hydrogens is 402 g/mol. The van der Waals surface area contributed by atoms with Crippen molar-refractivity contribution in [1.82, 2.24) is 13.7 Å². The second kappa shape index (κ2) is 10.3. The number of aromatic nitrogens is 3. The van der Waals surface area contributed by atoms with Gasteiger partial charge in [0.15, 0.2) is 17.3 Å². The summed E-state index contributed by atoms with van der Waals surface area (Å²) < 4.78 is 0.701. The second-order valence-electron chi connectivity index (χ2n) is 6.05. The predicted molar refractivity (Wildman–Crippen MR) is 103 cm³/mol. The lowest BCUT2D eigenvalue weighted by Gasteiger charge is -2.15. The summed E-state index contributed by atoms with van der Waals surface area (Å²) in [7, 11) is 0. The van der Waals surface area contributed by atoms with Crippen LogP contribution in [0.25, 0.3) is 0 Å². The van der Waals surface area contributed by atoms with Gasteiger partial charge in [0, 0.05) is 0 Å². The van der Waals surface area contributed by atoms with E-state index in [1.54, 1.807) is 0 Å². The van der Waals surface area contributed by atoms with E-state index < -0.39 is 72.4 Å². The highest BCUT2D eigenvalue weighted by Gasteiger charge is 2.24. The molecule has 0 amide bonds. The van der Waals surface area contributed by atoms with Crippen LogP contribution in [0.2, 0.25) is 0 Å². The first kappa shape index (κ1) is 24.6. The van der Waals surface area contributed by atoms with E-state index in [1.807, 2.05) is 0 Å². The zero-order valence-electron chi connectivity index (χ0n) is 15.8. The molecule has 3 atom stereocenters. The number of ketones is 3. The van der Waals surface area contributed by atoms with Crippen LogP contribution in [-0.2, 0) is 34.0 Å². The highest BCUT2D eigenvalue weighted by molar-refractivity contribution is 5.85. The molecule has 12 heteroatoms. The van der Waals surface area contributed by atoms with Crippen LogP contribution in [0, 0.1) is 0 Å². The Morgan fingerprint density at radius 1 is 0.633 bits per heavy atom. The highest BCUT2D eigenvalue weighted by atomic mass is 16.3. The maximum Gasteiger partial charge on any atom is 0.337 e. The van der Waals surface area contributed by atoms with Crippen LogP contribution in [0.15, 0.2) is 52.3 Å². The van der Waals surface area contributed by atoms with Crippen LogP contribution in [0.3, 0.4) is 0 Å². The number of aliphatic hydroxyl groups is 3. The minimum absolute atomic E-state index is 0.234. The van der Waals surface area contributed by atoms with Gasteiger partial charge in [-0.3, -0.25) is 14.4 Å². The van der Waals surface area contributed by atoms with Crippen molar-refractivity contribution in [3.05, 3.63) is 69.4 Å². The molecule has 3 N–H and O–H groups in total. The van der Waals surface area contributed by atoms with Gasteiger partial charge >= 0.3 is 17.1 Å². The molecule has 0 aliphatic carbocycles. The molecule has 0 aliphatic rings. The molecule has 12 nitrogen and oxygen atoms in total. The smallest absolute Gasteiger partial charge is 0.337 e. The number of hydrogen-bond donors (Lipinski definition) is 3. The maximum absolute atomic E-state index is 12.6. The van der Waals surface area contributed by atoms with Crippen molar-refractivity contribution in [3.63, 3.8) is 0 Å². The Morgan fingerprint density at radius 3 is 1.00 bits per heavy atom. The summed E-state index contributed by atoms with van der Waals surface area (Å²) in [6.07, 6.45) is -2.64. The molecule has 0 saturated carbocycles. The molecule has 0 aromatic carbocycles. The average molecular weight is 423 g/mol. The van der Waals surface area contributed by atoms with Crippen molar-refractivity contribution in [3.8, 4) is 0 Å². The number of hydrogen-bond acceptors (Lipinski definition) is 9. The number of Topliss-reactive ketones (excluding diaryl/α,β-unsaturated/α-hetero) is 3. The van der Waals surface area contributed by atoms with Crippen LogP contribution < -0.4 is 17.1 Å². The van der Waals surface area contributed by atoms with E-state index in [0.717, 1.165) is 18.2 Å². The number of rotatable bonds is 12. The van der Waals surface area contributed by atoms with Crippen molar-refractivity contribution in [1.29, 1.82) is 0 Å². The molecule has 0 saturated heterocycles. The van der Waals surface area contributed by atoms with Crippen molar-refractivity contribution >= 4 is 17.3 Å². The van der Waals surface area contributed by atoms with E-state index in [2.05, 4.69) is 19.7 Å². The molecule has 3 unspecified atom stereocenters. The summed E-state index contributed by atoms with van der Waals surface area (Å²) in [6, 6.07) is 0. The Labute approximate surface area is 168 Å². The molecule has 0 aliphatic heterocycles. The Bertz CT molecular complexity index is 897. The Morgan fingerprint density at radius 2 is 0.833 bits per heavy atom. The predicted octanol–water partition coefficient (Wildman–Crippen LogP) is -3.48. The molecule has 1 heterocycles. The van der Waals surface area contributed by atoms with E-state index in [4.69, 9.17) is 0 Å². The first-order valence-corrected chi connectivity index (χ1v) is 8.44. The topological polar surface area (TPSA) is 178 Å². The van der Waals surface area contributed by atoms with Crippen molar-refractivity contribution in [2.45, 2.75) is 37.9 Å². The first-order chi connectivity index (χ1) is 14.0. The Balaban J connectivity index is 3.69. The molecular formula is C18H21N3O9. The normalized spacial score (nSPS) is 13.7. The molecule has 0 radical (unpaired) electrons. The maximum atomic E-state index is 12.6. The molecule has 162 valence electrons. The van der Waals surface area contributed by atoms with E-state index in [9.17, 15) is 44.1 Å². The van der Waals surface area contributed by atoms with Crippen molar-refractivity contribution in [2.24, 2.45) is 0 Å². The lowest BCUT2D eigenvalue weighted by molar-refractivity contribution is -0.125. The summed E-state index contributed by atoms with van der Waals surface area (Å²) in [5.41, 5.74) is -4.15. The summed E-state index contributed by atoms with van der Waals surface area (Å²) in [5.74, 6) is -3.09. The van der Waals surface area contributed by atoms with Gasteiger partial charge in [0.1, 0.15) is 18.3 Å². The lowest BCUT2D eigenvalue weighted by Crippen LogP contribution is -2.57. The van der Waals surface area contributed by atoms with Gasteiger partial charge in [-0.2, -0.15) is 0 Å². The minimum Gasteiger partial charge on any atom is -0.381 e. The van der Waals surface area contributed by atoms with Gasteiger partial charge in [0.2, 0.25) is 0 Å². The fraction of sp³-hybridized carbons (Fsp3) is 0.333. The monoisotopic (exact) mass is 423 g/mol. The largest absolute Gasteiger partial charge is 0.381 e. The summed E-state index contributed by atoms with van der Waals surface area (Å²) in [6.45, 7) is 6.58. The molecule has 0 fully saturated rings. The minimum atomic E-state index is -1.72. The summed E-state index contributed by atoms with van der Waals surface area (Å²) in [5, 5.41) is 28.5. The SMILES string of the molecule is C=CC(O)C(=O)Cn1c(=O)n(CC(=O)C(O)C=C)c(=O)n(CC(=O)C(O)C=C)c1=O. The Hall–Kier alpha value is -3.48. The van der Waals surface area contributed by atoms with Gasteiger partial charge < -0.3 is 15.3 Å². The zero-order valence-corrected chi connectivity index (χ0v) is 15.8. The van der Waals surface area contributed by atoms with E-state index in [-0.39, 0.29) is 13.7 Å². The Kier molecular flexibility index (Phi) is 8.46. The first-order valence-electron chi connectivity index (χ1n) is 8.44. The number of aliphatic hydroxyl groups excluding tert-OH is 3. The number of nitrogens with zero attached hydrogens (tertiary/aromatic N) is 3. The number of carbonyl (C=O) groups is 3. The van der Waals surface area contributed by atoms with Crippen LogP contribution >= 0.6 is 0 Å². The molecule has 1 aromatic heterocycles. The van der Waals surface area contributed by atoms with Gasteiger partial charge in [-0.1, -0.05) is 18.2 Å². The van der Waals surface area contributed by atoms with E-state index in [0.29, 0.717) is 0 Å². The number of carbonyl (C=O) groups excluding carboxylic acids is 3. The second-order valence-corrected chi connectivity index (χ2v) is 6.05.